The minimum Gasteiger partial charge on any atom is -0.372 e. The van der Waals surface area contributed by atoms with Crippen LogP contribution in [0.4, 0.5) is 11.4 Å². The predicted molar refractivity (Wildman–Crippen MR) is 82.7 cm³/mol. The number of carbonyl (C=O) groups excluding carboxylic acids is 1. The van der Waals surface area contributed by atoms with E-state index >= 15 is 0 Å². The quantitative estimate of drug-likeness (QED) is 0.942. The third-order valence-corrected chi connectivity index (χ3v) is 4.22. The highest BCUT2D eigenvalue weighted by atomic mass is 32.1. The molecule has 3 rings (SSSR count). The molecule has 1 saturated heterocycles. The van der Waals surface area contributed by atoms with Gasteiger partial charge in [0, 0.05) is 29.8 Å². The minimum atomic E-state index is -0.150. The second kappa shape index (κ2) is 5.63. The van der Waals surface area contributed by atoms with Crippen LogP contribution in [0.3, 0.4) is 0 Å². The third-order valence-electron chi connectivity index (χ3n) is 3.45. The van der Waals surface area contributed by atoms with Gasteiger partial charge in [-0.25, -0.2) is 4.98 Å². The maximum absolute atomic E-state index is 12.0. The van der Waals surface area contributed by atoms with E-state index in [1.165, 1.54) is 29.9 Å². The molecule has 1 aliphatic heterocycles. The summed E-state index contributed by atoms with van der Waals surface area (Å²) in [5, 5.41) is 5.56. The van der Waals surface area contributed by atoms with Gasteiger partial charge in [-0.1, -0.05) is 0 Å². The first-order chi connectivity index (χ1) is 9.72. The van der Waals surface area contributed by atoms with Crippen molar-refractivity contribution < 1.29 is 4.79 Å². The normalized spacial score (nSPS) is 14.6. The number of anilines is 2. The molecule has 5 heteroatoms. The van der Waals surface area contributed by atoms with Crippen molar-refractivity contribution in [1.29, 1.82) is 0 Å². The van der Waals surface area contributed by atoms with Crippen LogP contribution in [0, 0.1) is 6.92 Å². The van der Waals surface area contributed by atoms with Crippen LogP contribution in [0.25, 0.3) is 0 Å². The lowest BCUT2D eigenvalue weighted by molar-refractivity contribution is 0.102. The predicted octanol–water partition coefficient (Wildman–Crippen LogP) is 3.30. The van der Waals surface area contributed by atoms with Crippen LogP contribution >= 0.6 is 11.3 Å². The second-order valence-corrected chi connectivity index (χ2v) is 6.01. The van der Waals surface area contributed by atoms with E-state index in [4.69, 9.17) is 0 Å². The van der Waals surface area contributed by atoms with Gasteiger partial charge in [0.05, 0.1) is 5.01 Å². The molecule has 0 aliphatic carbocycles. The van der Waals surface area contributed by atoms with Gasteiger partial charge in [-0.05, 0) is 44.0 Å². The monoisotopic (exact) mass is 287 g/mol. The number of nitrogens with zero attached hydrogens (tertiary/aromatic N) is 2. The highest BCUT2D eigenvalue weighted by molar-refractivity contribution is 7.09. The Morgan fingerprint density at radius 1 is 1.25 bits per heavy atom. The molecule has 1 N–H and O–H groups in total. The largest absolute Gasteiger partial charge is 0.372 e. The molecule has 0 spiro atoms. The lowest BCUT2D eigenvalue weighted by Gasteiger charge is -2.17. The number of benzene rings is 1. The zero-order chi connectivity index (χ0) is 13.9. The van der Waals surface area contributed by atoms with Crippen molar-refractivity contribution in [3.63, 3.8) is 0 Å². The van der Waals surface area contributed by atoms with Crippen molar-refractivity contribution in [2.24, 2.45) is 0 Å². The molecular formula is C15H17N3OS. The van der Waals surface area contributed by atoms with Crippen LogP contribution in [0.1, 0.15) is 28.3 Å². The number of rotatable bonds is 3. The first-order valence-corrected chi connectivity index (χ1v) is 7.69. The maximum atomic E-state index is 12.0. The van der Waals surface area contributed by atoms with Crippen LogP contribution in [0.5, 0.6) is 0 Å². The Hall–Kier alpha value is -1.88. The molecule has 1 aliphatic rings. The molecule has 2 heterocycles. The Kier molecular flexibility index (Phi) is 3.69. The second-order valence-electron chi connectivity index (χ2n) is 4.95. The molecule has 20 heavy (non-hydrogen) atoms. The molecule has 0 radical (unpaired) electrons. The Morgan fingerprint density at radius 2 is 1.95 bits per heavy atom. The highest BCUT2D eigenvalue weighted by Crippen LogP contribution is 2.22. The number of thiazole rings is 1. The van der Waals surface area contributed by atoms with Crippen molar-refractivity contribution in [2.45, 2.75) is 19.8 Å². The molecule has 104 valence electrons. The number of nitrogens with one attached hydrogen (secondary N) is 1. The average molecular weight is 287 g/mol. The highest BCUT2D eigenvalue weighted by Gasteiger charge is 2.13. The zero-order valence-electron chi connectivity index (χ0n) is 11.4. The van der Waals surface area contributed by atoms with Crippen molar-refractivity contribution in [2.75, 3.05) is 23.3 Å². The Morgan fingerprint density at radius 3 is 2.55 bits per heavy atom. The lowest BCUT2D eigenvalue weighted by Crippen LogP contribution is -2.17. The molecule has 0 saturated carbocycles. The minimum absolute atomic E-state index is 0.150. The van der Waals surface area contributed by atoms with Gasteiger partial charge in [0.15, 0.2) is 0 Å². The van der Waals surface area contributed by atoms with Gasteiger partial charge in [0.1, 0.15) is 5.69 Å². The third kappa shape index (κ3) is 2.82. The summed E-state index contributed by atoms with van der Waals surface area (Å²) in [7, 11) is 0. The molecule has 1 aromatic carbocycles. The Balaban J connectivity index is 1.67. The van der Waals surface area contributed by atoms with Gasteiger partial charge in [0.25, 0.3) is 5.91 Å². The fourth-order valence-electron chi connectivity index (χ4n) is 2.39. The Labute approximate surface area is 122 Å². The first-order valence-electron chi connectivity index (χ1n) is 6.81. The summed E-state index contributed by atoms with van der Waals surface area (Å²) in [6.45, 7) is 4.15. The van der Waals surface area contributed by atoms with E-state index in [1.807, 2.05) is 19.1 Å². The summed E-state index contributed by atoms with van der Waals surface area (Å²) in [6.07, 6.45) is 2.53. The molecule has 4 nitrogen and oxygen atoms in total. The van der Waals surface area contributed by atoms with Gasteiger partial charge >= 0.3 is 0 Å². The van der Waals surface area contributed by atoms with Gasteiger partial charge in [0.2, 0.25) is 0 Å². The number of amides is 1. The van der Waals surface area contributed by atoms with Crippen molar-refractivity contribution in [3.8, 4) is 0 Å². The summed E-state index contributed by atoms with van der Waals surface area (Å²) in [5.41, 5.74) is 2.52. The molecule has 0 atom stereocenters. The summed E-state index contributed by atoms with van der Waals surface area (Å²) < 4.78 is 0. The maximum Gasteiger partial charge on any atom is 0.275 e. The van der Waals surface area contributed by atoms with E-state index in [9.17, 15) is 4.79 Å². The number of aromatic nitrogens is 1. The summed E-state index contributed by atoms with van der Waals surface area (Å²) >= 11 is 1.48. The van der Waals surface area contributed by atoms with Crippen LogP contribution in [-0.2, 0) is 0 Å². The van der Waals surface area contributed by atoms with E-state index in [-0.39, 0.29) is 5.91 Å². The van der Waals surface area contributed by atoms with Gasteiger partial charge in [-0.15, -0.1) is 11.3 Å². The van der Waals surface area contributed by atoms with E-state index in [2.05, 4.69) is 27.3 Å². The molecule has 1 fully saturated rings. The molecule has 1 amide bonds. The Bertz CT molecular complexity index is 600. The van der Waals surface area contributed by atoms with Crippen LogP contribution < -0.4 is 10.2 Å². The standard InChI is InChI=1S/C15H17N3OS/c1-11-16-14(10-20-11)15(19)17-12-4-6-13(7-5-12)18-8-2-3-9-18/h4-7,10H,2-3,8-9H2,1H3,(H,17,19). The van der Waals surface area contributed by atoms with E-state index in [1.54, 1.807) is 5.38 Å². The SMILES string of the molecule is Cc1nc(C(=O)Nc2ccc(N3CCCC3)cc2)cs1. The van der Waals surface area contributed by atoms with E-state index in [0.29, 0.717) is 5.69 Å². The van der Waals surface area contributed by atoms with Gasteiger partial charge in [-0.3, -0.25) is 4.79 Å². The van der Waals surface area contributed by atoms with Gasteiger partial charge < -0.3 is 10.2 Å². The van der Waals surface area contributed by atoms with E-state index in [0.717, 1.165) is 23.8 Å². The fraction of sp³-hybridized carbons (Fsp3) is 0.333. The van der Waals surface area contributed by atoms with E-state index < -0.39 is 0 Å². The summed E-state index contributed by atoms with van der Waals surface area (Å²) in [6, 6.07) is 8.02. The molecule has 2 aromatic rings. The average Bonchev–Trinajstić information content (AvgIpc) is 3.10. The van der Waals surface area contributed by atoms with Crippen LogP contribution in [0.2, 0.25) is 0 Å². The topological polar surface area (TPSA) is 45.2 Å². The van der Waals surface area contributed by atoms with Crippen LogP contribution in [0.15, 0.2) is 29.6 Å². The first kappa shape index (κ1) is 13.1. The smallest absolute Gasteiger partial charge is 0.275 e. The zero-order valence-corrected chi connectivity index (χ0v) is 12.2. The molecule has 0 unspecified atom stereocenters. The molecule has 1 aromatic heterocycles. The number of aryl methyl sites for hydroxylation is 1. The lowest BCUT2D eigenvalue weighted by atomic mass is 10.2. The van der Waals surface area contributed by atoms with Gasteiger partial charge in [-0.2, -0.15) is 0 Å². The number of carbonyl (C=O) groups is 1. The number of hydrogen-bond donors (Lipinski definition) is 1. The number of hydrogen-bond acceptors (Lipinski definition) is 4. The van der Waals surface area contributed by atoms with Crippen LogP contribution in [-0.4, -0.2) is 24.0 Å². The van der Waals surface area contributed by atoms with Crippen molar-refractivity contribution in [3.05, 3.63) is 40.3 Å². The van der Waals surface area contributed by atoms with Crippen molar-refractivity contribution in [1.82, 2.24) is 4.98 Å². The fourth-order valence-corrected chi connectivity index (χ4v) is 2.99. The summed E-state index contributed by atoms with van der Waals surface area (Å²) in [5.74, 6) is -0.150. The van der Waals surface area contributed by atoms with Crippen molar-refractivity contribution >= 4 is 28.6 Å². The molecular weight excluding hydrogens is 270 g/mol. The molecule has 0 bridgehead atoms. The summed E-state index contributed by atoms with van der Waals surface area (Å²) in [4.78, 5) is 18.5.